The van der Waals surface area contributed by atoms with Crippen LogP contribution in [-0.4, -0.2) is 37.8 Å². The van der Waals surface area contributed by atoms with Crippen LogP contribution in [0.1, 0.15) is 24.2 Å². The summed E-state index contributed by atoms with van der Waals surface area (Å²) >= 11 is 0. The number of nitrogens with zero attached hydrogens (tertiary/aromatic N) is 4. The Morgan fingerprint density at radius 3 is 2.55 bits per heavy atom. The first-order valence-electron chi connectivity index (χ1n) is 10.4. The Morgan fingerprint density at radius 1 is 1.00 bits per heavy atom. The van der Waals surface area contributed by atoms with E-state index in [1.54, 1.807) is 30.3 Å². The molecule has 0 bridgehead atoms. The smallest absolute Gasteiger partial charge is 0.405 e. The van der Waals surface area contributed by atoms with Gasteiger partial charge in [-0.3, -0.25) is 4.98 Å². The van der Waals surface area contributed by atoms with Gasteiger partial charge in [0.25, 0.3) is 0 Å². The molecular formula is C23H22F3N5O2. The highest BCUT2D eigenvalue weighted by atomic mass is 19.4. The van der Waals surface area contributed by atoms with Crippen LogP contribution in [0.4, 0.5) is 13.2 Å². The quantitative estimate of drug-likeness (QED) is 0.386. The van der Waals surface area contributed by atoms with Crippen molar-refractivity contribution in [2.75, 3.05) is 6.54 Å². The van der Waals surface area contributed by atoms with Crippen molar-refractivity contribution in [1.82, 2.24) is 19.7 Å². The van der Waals surface area contributed by atoms with Crippen LogP contribution in [0, 0.1) is 0 Å². The molecule has 0 amide bonds. The highest BCUT2D eigenvalue weighted by molar-refractivity contribution is 5.90. The van der Waals surface area contributed by atoms with E-state index in [-0.39, 0.29) is 17.7 Å². The number of pyridine rings is 2. The molecule has 1 aromatic carbocycles. The van der Waals surface area contributed by atoms with E-state index in [9.17, 15) is 18.3 Å². The van der Waals surface area contributed by atoms with Crippen molar-refractivity contribution in [2.24, 2.45) is 5.73 Å². The molecule has 3 heterocycles. The van der Waals surface area contributed by atoms with Crippen LogP contribution in [0.2, 0.25) is 0 Å². The number of aliphatic hydroxyl groups is 1. The van der Waals surface area contributed by atoms with E-state index in [0.29, 0.717) is 34.8 Å². The molecule has 10 heteroatoms. The zero-order valence-electron chi connectivity index (χ0n) is 17.6. The number of fused-ring (bicyclic) bond motifs is 1. The van der Waals surface area contributed by atoms with Crippen molar-refractivity contribution < 1.29 is 23.0 Å². The SMILES string of the molecule is NCCCCc1cccc(-c2cc(OC(F)(F)F)c3cnn(-c4cccc(CO)n4)c3c2)n1. The van der Waals surface area contributed by atoms with E-state index in [2.05, 4.69) is 19.8 Å². The molecule has 4 aromatic rings. The van der Waals surface area contributed by atoms with E-state index < -0.39 is 6.36 Å². The number of unbranched alkanes of at least 4 members (excludes halogenated alkanes) is 1. The summed E-state index contributed by atoms with van der Waals surface area (Å²) in [7, 11) is 0. The van der Waals surface area contributed by atoms with Gasteiger partial charge in [-0.15, -0.1) is 13.2 Å². The summed E-state index contributed by atoms with van der Waals surface area (Å²) in [5.41, 5.74) is 8.11. The van der Waals surface area contributed by atoms with Crippen LogP contribution in [-0.2, 0) is 13.0 Å². The second kappa shape index (κ2) is 9.55. The van der Waals surface area contributed by atoms with Gasteiger partial charge in [-0.1, -0.05) is 12.1 Å². The van der Waals surface area contributed by atoms with Crippen molar-refractivity contribution >= 4 is 10.9 Å². The first-order chi connectivity index (χ1) is 15.9. The lowest BCUT2D eigenvalue weighted by molar-refractivity contribution is -0.274. The normalized spacial score (nSPS) is 11.8. The zero-order valence-corrected chi connectivity index (χ0v) is 17.6. The maximum absolute atomic E-state index is 13.2. The van der Waals surface area contributed by atoms with Crippen molar-refractivity contribution in [1.29, 1.82) is 0 Å². The number of rotatable bonds is 8. The number of benzene rings is 1. The lowest BCUT2D eigenvalue weighted by Gasteiger charge is -2.13. The van der Waals surface area contributed by atoms with Gasteiger partial charge in [0.05, 0.1) is 35.1 Å². The van der Waals surface area contributed by atoms with Crippen molar-refractivity contribution in [3.05, 3.63) is 66.1 Å². The predicted octanol–water partition coefficient (Wildman–Crippen LogP) is 4.15. The third-order valence-electron chi connectivity index (χ3n) is 5.04. The third-order valence-corrected chi connectivity index (χ3v) is 5.04. The molecule has 3 aromatic heterocycles. The summed E-state index contributed by atoms with van der Waals surface area (Å²) in [6.07, 6.45) is -1.13. The molecule has 3 N–H and O–H groups in total. The second-order valence-corrected chi connectivity index (χ2v) is 7.42. The lowest BCUT2D eigenvalue weighted by Crippen LogP contribution is -2.17. The van der Waals surface area contributed by atoms with E-state index in [1.165, 1.54) is 16.9 Å². The van der Waals surface area contributed by atoms with Gasteiger partial charge < -0.3 is 15.6 Å². The number of ether oxygens (including phenoxy) is 1. The van der Waals surface area contributed by atoms with Crippen LogP contribution in [0.5, 0.6) is 5.75 Å². The summed E-state index contributed by atoms with van der Waals surface area (Å²) in [4.78, 5) is 8.93. The monoisotopic (exact) mass is 457 g/mol. The van der Waals surface area contributed by atoms with Gasteiger partial charge in [-0.05, 0) is 62.2 Å². The number of alkyl halides is 3. The molecular weight excluding hydrogens is 435 g/mol. The maximum Gasteiger partial charge on any atom is 0.573 e. The average Bonchev–Trinajstić information content (AvgIpc) is 3.23. The van der Waals surface area contributed by atoms with Gasteiger partial charge in [-0.25, -0.2) is 9.67 Å². The predicted molar refractivity (Wildman–Crippen MR) is 117 cm³/mol. The fraction of sp³-hybridized carbons (Fsp3) is 0.261. The Morgan fingerprint density at radius 2 is 1.79 bits per heavy atom. The van der Waals surface area contributed by atoms with E-state index >= 15 is 0 Å². The molecule has 4 rings (SSSR count). The number of aromatic nitrogens is 4. The number of aliphatic hydroxyl groups excluding tert-OH is 1. The standard InChI is InChI=1S/C23H22F3N5O2/c24-23(25,26)33-21-12-15(19-8-3-6-16(29-19)5-1-2-10-27)11-20-18(21)13-28-31(20)22-9-4-7-17(14-32)30-22/h3-4,6-9,11-13,32H,1-2,5,10,14,27H2. The summed E-state index contributed by atoms with van der Waals surface area (Å²) in [5.74, 6) is -0.0231. The zero-order chi connectivity index (χ0) is 23.4. The first-order valence-corrected chi connectivity index (χ1v) is 10.4. The number of hydrogen-bond donors (Lipinski definition) is 2. The fourth-order valence-electron chi connectivity index (χ4n) is 3.54. The Balaban J connectivity index is 1.84. The highest BCUT2D eigenvalue weighted by Gasteiger charge is 2.32. The van der Waals surface area contributed by atoms with Gasteiger partial charge in [0, 0.05) is 11.3 Å². The Labute approximate surface area is 187 Å². The van der Waals surface area contributed by atoms with E-state index in [0.717, 1.165) is 25.0 Å². The number of halogens is 3. The van der Waals surface area contributed by atoms with Gasteiger partial charge in [0.2, 0.25) is 0 Å². The minimum atomic E-state index is -4.87. The molecule has 0 aliphatic rings. The molecule has 0 radical (unpaired) electrons. The molecule has 7 nitrogen and oxygen atoms in total. The first kappa shape index (κ1) is 22.7. The second-order valence-electron chi connectivity index (χ2n) is 7.42. The molecule has 0 atom stereocenters. The lowest BCUT2D eigenvalue weighted by atomic mass is 10.1. The van der Waals surface area contributed by atoms with Gasteiger partial charge in [0.15, 0.2) is 5.82 Å². The fourth-order valence-corrected chi connectivity index (χ4v) is 3.54. The van der Waals surface area contributed by atoms with Gasteiger partial charge in [-0.2, -0.15) is 5.10 Å². The summed E-state index contributed by atoms with van der Waals surface area (Å²) < 4.78 is 45.2. The minimum Gasteiger partial charge on any atom is -0.405 e. The maximum atomic E-state index is 13.2. The van der Waals surface area contributed by atoms with E-state index in [1.807, 2.05) is 12.1 Å². The molecule has 0 unspecified atom stereocenters. The van der Waals surface area contributed by atoms with Crippen LogP contribution in [0.3, 0.4) is 0 Å². The van der Waals surface area contributed by atoms with E-state index in [4.69, 9.17) is 5.73 Å². The summed E-state index contributed by atoms with van der Waals surface area (Å²) in [6.45, 7) is 0.311. The van der Waals surface area contributed by atoms with Gasteiger partial charge in [0.1, 0.15) is 5.75 Å². The molecule has 0 spiro atoms. The van der Waals surface area contributed by atoms with Crippen LogP contribution in [0.15, 0.2) is 54.7 Å². The number of aryl methyl sites for hydroxylation is 1. The molecule has 172 valence electrons. The molecule has 0 fully saturated rings. The van der Waals surface area contributed by atoms with Crippen LogP contribution >= 0.6 is 0 Å². The third kappa shape index (κ3) is 5.29. The van der Waals surface area contributed by atoms with Crippen LogP contribution < -0.4 is 10.5 Å². The molecule has 0 saturated heterocycles. The topological polar surface area (TPSA) is 99.1 Å². The summed E-state index contributed by atoms with van der Waals surface area (Å²) in [6, 6.07) is 13.4. The molecule has 0 aliphatic heterocycles. The Bertz CT molecular complexity index is 1260. The average molecular weight is 457 g/mol. The highest BCUT2D eigenvalue weighted by Crippen LogP contribution is 2.36. The Hall–Kier alpha value is -3.50. The van der Waals surface area contributed by atoms with Crippen molar-refractivity contribution in [3.63, 3.8) is 0 Å². The molecule has 0 saturated carbocycles. The van der Waals surface area contributed by atoms with Crippen molar-refractivity contribution in [3.8, 4) is 22.8 Å². The van der Waals surface area contributed by atoms with Crippen LogP contribution in [0.25, 0.3) is 28.0 Å². The van der Waals surface area contributed by atoms with Crippen molar-refractivity contribution in [2.45, 2.75) is 32.2 Å². The number of hydrogen-bond acceptors (Lipinski definition) is 6. The molecule has 33 heavy (non-hydrogen) atoms. The van der Waals surface area contributed by atoms with Gasteiger partial charge >= 0.3 is 6.36 Å². The largest absolute Gasteiger partial charge is 0.573 e. The molecule has 0 aliphatic carbocycles. The number of nitrogens with two attached hydrogens (primary N) is 1. The Kier molecular flexibility index (Phi) is 6.57. The summed E-state index contributed by atoms with van der Waals surface area (Å²) in [5, 5.41) is 13.8. The minimum absolute atomic E-state index is 0.173.